The molecule has 0 spiro atoms. The lowest BCUT2D eigenvalue weighted by molar-refractivity contribution is -0.131. The Morgan fingerprint density at radius 3 is 2.53 bits per heavy atom. The zero-order chi connectivity index (χ0) is 12.6. The average Bonchev–Trinajstić information content (AvgIpc) is 2.54. The van der Waals surface area contributed by atoms with E-state index in [0.717, 1.165) is 11.0 Å². The highest BCUT2D eigenvalue weighted by molar-refractivity contribution is 7.99. The third kappa shape index (κ3) is 2.14. The highest BCUT2D eigenvalue weighted by Gasteiger charge is 2.28. The molecule has 0 aromatic heterocycles. The normalized spacial score (nSPS) is 17.5. The fraction of sp³-hybridized carbons (Fsp3) is 0.0833. The Balaban J connectivity index is 2.54. The van der Waals surface area contributed by atoms with Gasteiger partial charge in [0.2, 0.25) is 9.84 Å². The molecule has 0 bridgehead atoms. The number of sulfone groups is 1. The molecular formula is C12H10O4S. The lowest BCUT2D eigenvalue weighted by Gasteiger charge is -1.99. The molecule has 0 atom stereocenters. The van der Waals surface area contributed by atoms with E-state index >= 15 is 0 Å². The molecule has 0 saturated heterocycles. The number of aryl methyl sites for hydroxylation is 1. The van der Waals surface area contributed by atoms with Gasteiger partial charge in [-0.25, -0.2) is 13.2 Å². The van der Waals surface area contributed by atoms with Crippen molar-refractivity contribution in [2.75, 3.05) is 0 Å². The van der Waals surface area contributed by atoms with Crippen molar-refractivity contribution in [3.05, 3.63) is 51.8 Å². The van der Waals surface area contributed by atoms with Crippen molar-refractivity contribution in [2.24, 2.45) is 0 Å². The Kier molecular flexibility index (Phi) is 2.63. The van der Waals surface area contributed by atoms with Gasteiger partial charge in [0.15, 0.2) is 4.91 Å². The molecule has 88 valence electrons. The molecule has 1 aromatic carbocycles. The molecule has 2 rings (SSSR count). The van der Waals surface area contributed by atoms with Crippen LogP contribution in [0.25, 0.3) is 5.57 Å². The third-order valence-corrected chi connectivity index (χ3v) is 3.91. The third-order valence-electron chi connectivity index (χ3n) is 2.44. The second-order valence-corrected chi connectivity index (χ2v) is 5.57. The summed E-state index contributed by atoms with van der Waals surface area (Å²) in [5.74, 6) is -1.43. The van der Waals surface area contributed by atoms with Crippen molar-refractivity contribution >= 4 is 21.4 Å². The van der Waals surface area contributed by atoms with Gasteiger partial charge in [-0.1, -0.05) is 29.8 Å². The van der Waals surface area contributed by atoms with Gasteiger partial charge in [-0.05, 0) is 24.1 Å². The highest BCUT2D eigenvalue weighted by Crippen LogP contribution is 2.29. The second-order valence-electron chi connectivity index (χ2n) is 3.80. The number of hydrogen-bond acceptors (Lipinski definition) is 3. The summed E-state index contributed by atoms with van der Waals surface area (Å²) in [5, 5.41) is 9.78. The molecular weight excluding hydrogens is 240 g/mol. The zero-order valence-corrected chi connectivity index (χ0v) is 9.86. The van der Waals surface area contributed by atoms with Crippen LogP contribution in [0.4, 0.5) is 0 Å². The molecule has 1 N–H and O–H groups in total. The van der Waals surface area contributed by atoms with Crippen LogP contribution in [0.3, 0.4) is 0 Å². The predicted molar refractivity (Wildman–Crippen MR) is 63.8 cm³/mol. The minimum absolute atomic E-state index is 0.408. The molecule has 0 fully saturated rings. The highest BCUT2D eigenvalue weighted by atomic mass is 32.2. The van der Waals surface area contributed by atoms with Crippen LogP contribution in [0, 0.1) is 6.92 Å². The first kappa shape index (κ1) is 11.6. The summed E-state index contributed by atoms with van der Waals surface area (Å²) < 4.78 is 23.1. The summed E-state index contributed by atoms with van der Waals surface area (Å²) in [7, 11) is -3.80. The standard InChI is InChI=1S/C12H10O4S/c1-8-3-2-4-9(5-8)10-6-11(12(13)14)17(15,16)7-10/h2-7H,1H3,(H,13,14). The van der Waals surface area contributed by atoms with Gasteiger partial charge in [0, 0.05) is 5.41 Å². The van der Waals surface area contributed by atoms with Gasteiger partial charge >= 0.3 is 5.97 Å². The number of carboxylic acid groups (broad SMARTS) is 1. The van der Waals surface area contributed by atoms with Gasteiger partial charge in [0.25, 0.3) is 0 Å². The molecule has 0 unspecified atom stereocenters. The van der Waals surface area contributed by atoms with E-state index in [9.17, 15) is 13.2 Å². The smallest absolute Gasteiger partial charge is 0.347 e. The Hall–Kier alpha value is -1.88. The largest absolute Gasteiger partial charge is 0.477 e. The van der Waals surface area contributed by atoms with Gasteiger partial charge in [-0.3, -0.25) is 0 Å². The molecule has 0 amide bonds. The Morgan fingerprint density at radius 1 is 1.29 bits per heavy atom. The van der Waals surface area contributed by atoms with E-state index in [1.165, 1.54) is 6.08 Å². The van der Waals surface area contributed by atoms with Crippen molar-refractivity contribution in [1.82, 2.24) is 0 Å². The van der Waals surface area contributed by atoms with E-state index in [-0.39, 0.29) is 0 Å². The number of allylic oxidation sites excluding steroid dienone is 2. The number of rotatable bonds is 2. The molecule has 17 heavy (non-hydrogen) atoms. The first-order valence-electron chi connectivity index (χ1n) is 4.89. The fourth-order valence-corrected chi connectivity index (χ4v) is 2.85. The maximum Gasteiger partial charge on any atom is 0.347 e. The van der Waals surface area contributed by atoms with E-state index in [1.54, 1.807) is 12.1 Å². The number of hydrogen-bond donors (Lipinski definition) is 1. The molecule has 5 heteroatoms. The molecule has 1 aromatic rings. The number of aliphatic carboxylic acids is 1. The van der Waals surface area contributed by atoms with Crippen molar-refractivity contribution in [1.29, 1.82) is 0 Å². The Morgan fingerprint density at radius 2 is 2.00 bits per heavy atom. The summed E-state index contributed by atoms with van der Waals surface area (Å²) in [4.78, 5) is 10.2. The summed E-state index contributed by atoms with van der Waals surface area (Å²) in [6.45, 7) is 1.88. The van der Waals surface area contributed by atoms with E-state index in [0.29, 0.717) is 11.1 Å². The lowest BCUT2D eigenvalue weighted by atomic mass is 10.0. The van der Waals surface area contributed by atoms with Gasteiger partial charge in [-0.15, -0.1) is 0 Å². The van der Waals surface area contributed by atoms with Gasteiger partial charge in [0.05, 0.1) is 0 Å². The minimum Gasteiger partial charge on any atom is -0.477 e. The quantitative estimate of drug-likeness (QED) is 0.867. The van der Waals surface area contributed by atoms with E-state index < -0.39 is 20.7 Å². The van der Waals surface area contributed by atoms with Crippen molar-refractivity contribution in [2.45, 2.75) is 6.92 Å². The molecule has 0 radical (unpaired) electrons. The summed E-state index contributed by atoms with van der Waals surface area (Å²) in [6, 6.07) is 7.23. The van der Waals surface area contributed by atoms with Gasteiger partial charge in [0.1, 0.15) is 0 Å². The first-order valence-corrected chi connectivity index (χ1v) is 6.43. The van der Waals surface area contributed by atoms with E-state index in [2.05, 4.69) is 0 Å². The number of benzene rings is 1. The van der Waals surface area contributed by atoms with E-state index in [4.69, 9.17) is 5.11 Å². The SMILES string of the molecule is Cc1cccc(C2=CS(=O)(=O)C(C(=O)O)=C2)c1. The van der Waals surface area contributed by atoms with Crippen LogP contribution in [0.2, 0.25) is 0 Å². The van der Waals surface area contributed by atoms with E-state index in [1.807, 2.05) is 19.1 Å². The van der Waals surface area contributed by atoms with Crippen LogP contribution in [0.5, 0.6) is 0 Å². The van der Waals surface area contributed by atoms with Crippen molar-refractivity contribution in [3.8, 4) is 0 Å². The maximum absolute atomic E-state index is 11.5. The maximum atomic E-state index is 11.5. The molecule has 1 aliphatic rings. The zero-order valence-electron chi connectivity index (χ0n) is 9.04. The predicted octanol–water partition coefficient (Wildman–Crippen LogP) is 1.73. The number of carbonyl (C=O) groups is 1. The second kappa shape index (κ2) is 3.85. The van der Waals surface area contributed by atoms with Crippen LogP contribution in [0.15, 0.2) is 40.7 Å². The molecule has 1 aliphatic heterocycles. The monoisotopic (exact) mass is 250 g/mol. The van der Waals surface area contributed by atoms with Crippen LogP contribution >= 0.6 is 0 Å². The summed E-state index contributed by atoms with van der Waals surface area (Å²) in [6.07, 6.45) is 1.19. The Labute approximate surface area is 98.8 Å². The molecule has 4 nitrogen and oxygen atoms in total. The number of carboxylic acids is 1. The first-order chi connectivity index (χ1) is 7.90. The fourth-order valence-electron chi connectivity index (χ4n) is 1.65. The van der Waals surface area contributed by atoms with Crippen LogP contribution in [-0.4, -0.2) is 19.5 Å². The minimum atomic E-state index is -3.80. The molecule has 0 saturated carbocycles. The molecule has 0 aliphatic carbocycles. The topological polar surface area (TPSA) is 71.4 Å². The lowest BCUT2D eigenvalue weighted by Crippen LogP contribution is -2.07. The van der Waals surface area contributed by atoms with Crippen LogP contribution < -0.4 is 0 Å². The van der Waals surface area contributed by atoms with Gasteiger partial charge in [-0.2, -0.15) is 0 Å². The van der Waals surface area contributed by atoms with Gasteiger partial charge < -0.3 is 5.11 Å². The average molecular weight is 250 g/mol. The molecule has 1 heterocycles. The van der Waals surface area contributed by atoms with Crippen molar-refractivity contribution < 1.29 is 18.3 Å². The summed E-state index contributed by atoms with van der Waals surface area (Å²) >= 11 is 0. The van der Waals surface area contributed by atoms with Crippen molar-refractivity contribution in [3.63, 3.8) is 0 Å². The van der Waals surface area contributed by atoms with Crippen LogP contribution in [0.1, 0.15) is 11.1 Å². The Bertz CT molecular complexity index is 651. The van der Waals surface area contributed by atoms with Crippen LogP contribution in [-0.2, 0) is 14.6 Å². The summed E-state index contributed by atoms with van der Waals surface area (Å²) in [5.41, 5.74) is 2.09.